The van der Waals surface area contributed by atoms with Gasteiger partial charge in [-0.05, 0) is 38.1 Å². The molecular formula is C17H22N6O. The van der Waals surface area contributed by atoms with Gasteiger partial charge >= 0.3 is 0 Å². The van der Waals surface area contributed by atoms with Gasteiger partial charge in [0, 0.05) is 26.2 Å². The number of aromatic nitrogens is 3. The van der Waals surface area contributed by atoms with Crippen LogP contribution in [0.25, 0.3) is 5.65 Å². The zero-order valence-electron chi connectivity index (χ0n) is 14.2. The maximum atomic E-state index is 5.64. The molecular weight excluding hydrogens is 304 g/mol. The number of hydrogen-bond acceptors (Lipinski definition) is 4. The van der Waals surface area contributed by atoms with Crippen LogP contribution < -0.4 is 10.6 Å². The molecule has 0 radical (unpaired) electrons. The van der Waals surface area contributed by atoms with Crippen LogP contribution in [0.3, 0.4) is 0 Å². The summed E-state index contributed by atoms with van der Waals surface area (Å²) in [6.45, 7) is 4.68. The lowest BCUT2D eigenvalue weighted by molar-refractivity contribution is 0.441. The van der Waals surface area contributed by atoms with E-state index in [4.69, 9.17) is 4.42 Å². The topological polar surface area (TPSA) is 79.8 Å². The highest BCUT2D eigenvalue weighted by molar-refractivity contribution is 5.80. The van der Waals surface area contributed by atoms with E-state index in [1.54, 1.807) is 7.05 Å². The van der Waals surface area contributed by atoms with Crippen LogP contribution in [0.5, 0.6) is 0 Å². The number of rotatable bonds is 5. The van der Waals surface area contributed by atoms with Gasteiger partial charge in [-0.2, -0.15) is 0 Å². The highest BCUT2D eigenvalue weighted by Gasteiger charge is 2.11. The molecule has 1 atom stereocenters. The van der Waals surface area contributed by atoms with Gasteiger partial charge in [-0.3, -0.25) is 9.39 Å². The first-order valence-electron chi connectivity index (χ1n) is 7.99. The predicted octanol–water partition coefficient (Wildman–Crippen LogP) is 2.10. The monoisotopic (exact) mass is 326 g/mol. The first kappa shape index (κ1) is 16.0. The van der Waals surface area contributed by atoms with Gasteiger partial charge in [0.05, 0.1) is 6.04 Å². The third kappa shape index (κ3) is 3.56. The summed E-state index contributed by atoms with van der Waals surface area (Å²) in [4.78, 5) is 4.25. The lowest BCUT2D eigenvalue weighted by atomic mass is 10.2. The van der Waals surface area contributed by atoms with Gasteiger partial charge in [-0.1, -0.05) is 6.07 Å². The Bertz CT molecular complexity index is 834. The molecule has 0 aliphatic heterocycles. The minimum Gasteiger partial charge on any atom is -0.464 e. The molecule has 0 aromatic carbocycles. The predicted molar refractivity (Wildman–Crippen MR) is 93.0 cm³/mol. The van der Waals surface area contributed by atoms with Crippen molar-refractivity contribution in [3.63, 3.8) is 0 Å². The lowest BCUT2D eigenvalue weighted by Gasteiger charge is -2.16. The van der Waals surface area contributed by atoms with E-state index < -0.39 is 0 Å². The molecule has 3 aromatic heterocycles. The molecule has 126 valence electrons. The van der Waals surface area contributed by atoms with Crippen LogP contribution in [0.15, 0.2) is 45.9 Å². The minimum absolute atomic E-state index is 0.0406. The highest BCUT2D eigenvalue weighted by Crippen LogP contribution is 2.15. The van der Waals surface area contributed by atoms with E-state index in [9.17, 15) is 0 Å². The molecule has 0 saturated heterocycles. The number of guanidine groups is 1. The Kier molecular flexibility index (Phi) is 4.79. The number of nitrogens with one attached hydrogen (secondary N) is 2. The van der Waals surface area contributed by atoms with Crippen molar-refractivity contribution in [3.05, 3.63) is 53.9 Å². The Morgan fingerprint density at radius 2 is 2.17 bits per heavy atom. The van der Waals surface area contributed by atoms with Crippen LogP contribution in [0.1, 0.15) is 30.3 Å². The third-order valence-corrected chi connectivity index (χ3v) is 3.79. The summed E-state index contributed by atoms with van der Waals surface area (Å²) in [6.07, 6.45) is 2.72. The van der Waals surface area contributed by atoms with Crippen LogP contribution >= 0.6 is 0 Å². The summed E-state index contributed by atoms with van der Waals surface area (Å²) in [5.41, 5.74) is 0.858. The smallest absolute Gasteiger partial charge is 0.191 e. The van der Waals surface area contributed by atoms with E-state index in [0.29, 0.717) is 6.54 Å². The molecule has 0 amide bonds. The van der Waals surface area contributed by atoms with Crippen LogP contribution in [0.2, 0.25) is 0 Å². The normalized spacial score (nSPS) is 13.2. The summed E-state index contributed by atoms with van der Waals surface area (Å²) < 4.78 is 7.63. The maximum absolute atomic E-state index is 5.64. The van der Waals surface area contributed by atoms with Crippen molar-refractivity contribution in [1.29, 1.82) is 0 Å². The molecule has 0 aliphatic rings. The number of furan rings is 1. The number of pyridine rings is 1. The first-order valence-corrected chi connectivity index (χ1v) is 7.99. The van der Waals surface area contributed by atoms with Crippen molar-refractivity contribution < 1.29 is 4.42 Å². The van der Waals surface area contributed by atoms with Gasteiger partial charge in [-0.25, -0.2) is 0 Å². The standard InChI is InChI=1S/C17H22N6O/c1-12-7-8-14(24-12)13(2)20-17(18-3)19-10-9-16-22-21-15-6-4-5-11-23(15)16/h4-8,11,13H,9-10H2,1-3H3,(H2,18,19,20). The molecule has 0 aliphatic carbocycles. The highest BCUT2D eigenvalue weighted by atomic mass is 16.3. The Morgan fingerprint density at radius 3 is 2.92 bits per heavy atom. The quantitative estimate of drug-likeness (QED) is 0.554. The average Bonchev–Trinajstić information content (AvgIpc) is 3.20. The van der Waals surface area contributed by atoms with Gasteiger partial charge in [-0.15, -0.1) is 10.2 Å². The maximum Gasteiger partial charge on any atom is 0.191 e. The van der Waals surface area contributed by atoms with Crippen LogP contribution in [-0.2, 0) is 6.42 Å². The second kappa shape index (κ2) is 7.16. The second-order valence-electron chi connectivity index (χ2n) is 5.61. The molecule has 3 heterocycles. The lowest BCUT2D eigenvalue weighted by Crippen LogP contribution is -2.39. The summed E-state index contributed by atoms with van der Waals surface area (Å²) in [6, 6.07) is 9.84. The van der Waals surface area contributed by atoms with Crippen molar-refractivity contribution in [3.8, 4) is 0 Å². The fourth-order valence-electron chi connectivity index (χ4n) is 2.51. The van der Waals surface area contributed by atoms with Gasteiger partial charge in [0.1, 0.15) is 17.3 Å². The van der Waals surface area contributed by atoms with E-state index in [1.165, 1.54) is 0 Å². The zero-order chi connectivity index (χ0) is 16.9. The second-order valence-corrected chi connectivity index (χ2v) is 5.61. The SMILES string of the molecule is CN=C(NCCc1nnc2ccccn12)NC(C)c1ccc(C)o1. The van der Waals surface area contributed by atoms with Crippen LogP contribution in [0.4, 0.5) is 0 Å². The van der Waals surface area contributed by atoms with E-state index in [2.05, 4.69) is 25.8 Å². The van der Waals surface area contributed by atoms with Crippen molar-refractivity contribution in [2.75, 3.05) is 13.6 Å². The Balaban J connectivity index is 1.54. The molecule has 0 bridgehead atoms. The van der Waals surface area contributed by atoms with Crippen LogP contribution in [0, 0.1) is 6.92 Å². The molecule has 7 heteroatoms. The average molecular weight is 326 g/mol. The summed E-state index contributed by atoms with van der Waals surface area (Å²) >= 11 is 0. The largest absolute Gasteiger partial charge is 0.464 e. The fourth-order valence-corrected chi connectivity index (χ4v) is 2.51. The number of aryl methyl sites for hydroxylation is 1. The Labute approximate surface area is 140 Å². The van der Waals surface area contributed by atoms with Crippen molar-refractivity contribution in [2.45, 2.75) is 26.3 Å². The molecule has 0 fully saturated rings. The number of fused-ring (bicyclic) bond motifs is 1. The molecule has 7 nitrogen and oxygen atoms in total. The molecule has 0 saturated carbocycles. The molecule has 0 spiro atoms. The molecule has 1 unspecified atom stereocenters. The van der Waals surface area contributed by atoms with Gasteiger partial charge in [0.15, 0.2) is 11.6 Å². The first-order chi connectivity index (χ1) is 11.7. The molecule has 24 heavy (non-hydrogen) atoms. The molecule has 3 aromatic rings. The Hall–Kier alpha value is -2.83. The van der Waals surface area contributed by atoms with Crippen molar-refractivity contribution in [2.24, 2.45) is 4.99 Å². The summed E-state index contributed by atoms with van der Waals surface area (Å²) in [7, 11) is 1.75. The molecule has 2 N–H and O–H groups in total. The molecule has 3 rings (SSSR count). The summed E-state index contributed by atoms with van der Waals surface area (Å²) in [5, 5.41) is 15.0. The van der Waals surface area contributed by atoms with Crippen LogP contribution in [-0.4, -0.2) is 34.2 Å². The van der Waals surface area contributed by atoms with Gasteiger partial charge in [0.25, 0.3) is 0 Å². The van der Waals surface area contributed by atoms with E-state index in [-0.39, 0.29) is 6.04 Å². The van der Waals surface area contributed by atoms with Crippen molar-refractivity contribution in [1.82, 2.24) is 25.2 Å². The van der Waals surface area contributed by atoms with E-state index in [1.807, 2.05) is 54.8 Å². The van der Waals surface area contributed by atoms with Gasteiger partial charge < -0.3 is 15.1 Å². The summed E-state index contributed by atoms with van der Waals surface area (Å²) in [5.74, 6) is 3.44. The zero-order valence-corrected chi connectivity index (χ0v) is 14.2. The minimum atomic E-state index is 0.0406. The number of hydrogen-bond donors (Lipinski definition) is 2. The fraction of sp³-hybridized carbons (Fsp3) is 0.353. The van der Waals surface area contributed by atoms with Gasteiger partial charge in [0.2, 0.25) is 0 Å². The number of aliphatic imine (C=N–C) groups is 1. The van der Waals surface area contributed by atoms with E-state index >= 15 is 0 Å². The van der Waals surface area contributed by atoms with Crippen molar-refractivity contribution >= 4 is 11.6 Å². The third-order valence-electron chi connectivity index (χ3n) is 3.79. The van der Waals surface area contributed by atoms with E-state index in [0.717, 1.165) is 35.4 Å². The Morgan fingerprint density at radius 1 is 1.29 bits per heavy atom. The number of nitrogens with zero attached hydrogens (tertiary/aromatic N) is 4.